The van der Waals surface area contributed by atoms with Gasteiger partial charge in [0.1, 0.15) is 0 Å². The standard InChI is InChI=1S/C27H27F3N4O/c1-15-24(11-17-10-20(34(2)3)7-9-23(17)31-15)32-19-6-4-16-12-26(35)33-25-13-18(27(28,29)30)5-8-21(25)22(16)14-19/h4-6,8,11,13-14,20,32H,7,9-10,12H2,1-3H3,(H,33,35)/t20-/m0/s1. The fraction of sp³-hybridized carbons (Fsp3) is 0.333. The molecule has 0 fully saturated rings. The van der Waals surface area contributed by atoms with E-state index in [0.717, 1.165) is 65.3 Å². The summed E-state index contributed by atoms with van der Waals surface area (Å²) in [6.07, 6.45) is -1.41. The lowest BCUT2D eigenvalue weighted by Crippen LogP contribution is -2.34. The predicted octanol–water partition coefficient (Wildman–Crippen LogP) is 5.73. The summed E-state index contributed by atoms with van der Waals surface area (Å²) in [5, 5.41) is 6.09. The molecule has 1 atom stereocenters. The number of aryl methyl sites for hydroxylation is 2. The van der Waals surface area contributed by atoms with Crippen molar-refractivity contribution >= 4 is 23.0 Å². The van der Waals surface area contributed by atoms with Crippen molar-refractivity contribution < 1.29 is 18.0 Å². The highest BCUT2D eigenvalue weighted by Crippen LogP contribution is 2.40. The number of halogens is 3. The van der Waals surface area contributed by atoms with Gasteiger partial charge in [-0.2, -0.15) is 13.2 Å². The Labute approximate surface area is 202 Å². The highest BCUT2D eigenvalue weighted by molar-refractivity contribution is 6.01. The molecule has 1 aromatic heterocycles. The van der Waals surface area contributed by atoms with Crippen LogP contribution in [0.1, 0.15) is 34.5 Å². The van der Waals surface area contributed by atoms with E-state index in [-0.39, 0.29) is 18.0 Å². The molecule has 3 aromatic rings. The van der Waals surface area contributed by atoms with Gasteiger partial charge in [-0.15, -0.1) is 0 Å². The summed E-state index contributed by atoms with van der Waals surface area (Å²) in [6.45, 7) is 1.97. The van der Waals surface area contributed by atoms with E-state index >= 15 is 0 Å². The van der Waals surface area contributed by atoms with Crippen LogP contribution < -0.4 is 10.6 Å². The molecule has 0 spiro atoms. The first-order valence-corrected chi connectivity index (χ1v) is 11.7. The van der Waals surface area contributed by atoms with Gasteiger partial charge in [0.25, 0.3) is 0 Å². The van der Waals surface area contributed by atoms with Gasteiger partial charge in [0.05, 0.1) is 23.4 Å². The number of hydrogen-bond donors (Lipinski definition) is 2. The molecule has 0 bridgehead atoms. The quantitative estimate of drug-likeness (QED) is 0.503. The molecule has 1 amide bonds. The summed E-state index contributed by atoms with van der Waals surface area (Å²) in [5.74, 6) is -0.338. The van der Waals surface area contributed by atoms with E-state index < -0.39 is 11.7 Å². The second-order valence-electron chi connectivity index (χ2n) is 9.57. The van der Waals surface area contributed by atoms with E-state index in [0.29, 0.717) is 11.6 Å². The maximum atomic E-state index is 13.3. The molecule has 2 aliphatic rings. The molecule has 2 N–H and O–H groups in total. The first kappa shape index (κ1) is 23.4. The number of fused-ring (bicyclic) bond motifs is 4. The highest BCUT2D eigenvalue weighted by atomic mass is 19.4. The summed E-state index contributed by atoms with van der Waals surface area (Å²) >= 11 is 0. The molecular formula is C27H27F3N4O. The smallest absolute Gasteiger partial charge is 0.354 e. The van der Waals surface area contributed by atoms with Gasteiger partial charge in [-0.05, 0) is 87.3 Å². The SMILES string of the molecule is Cc1nc2c(cc1Nc1ccc3c(c1)-c1ccc(C(F)(F)F)cc1NC(=O)C3)C[C@@H](N(C)C)CC2. The topological polar surface area (TPSA) is 57.3 Å². The maximum Gasteiger partial charge on any atom is 0.416 e. The second kappa shape index (κ2) is 8.68. The number of carbonyl (C=O) groups is 1. The molecule has 5 nitrogen and oxygen atoms in total. The van der Waals surface area contributed by atoms with Crippen LogP contribution in [0.5, 0.6) is 0 Å². The fourth-order valence-electron chi connectivity index (χ4n) is 4.96. The van der Waals surface area contributed by atoms with Crippen LogP contribution in [0.4, 0.5) is 30.2 Å². The van der Waals surface area contributed by atoms with Gasteiger partial charge >= 0.3 is 6.18 Å². The number of rotatable bonds is 3. The molecular weight excluding hydrogens is 453 g/mol. The molecule has 2 aromatic carbocycles. The normalized spacial score (nSPS) is 17.2. The van der Waals surface area contributed by atoms with Crippen LogP contribution in [0.2, 0.25) is 0 Å². The number of benzene rings is 2. The number of alkyl halides is 3. The Balaban J connectivity index is 1.51. The van der Waals surface area contributed by atoms with Crippen LogP contribution in [0.25, 0.3) is 11.1 Å². The van der Waals surface area contributed by atoms with Crippen LogP contribution in [-0.2, 0) is 30.2 Å². The summed E-state index contributed by atoms with van der Waals surface area (Å²) in [7, 11) is 4.20. The number of nitrogens with one attached hydrogen (secondary N) is 2. The molecule has 0 saturated heterocycles. The lowest BCUT2D eigenvalue weighted by atomic mass is 9.90. The Morgan fingerprint density at radius 2 is 1.86 bits per heavy atom. The number of hydrogen-bond acceptors (Lipinski definition) is 4. The van der Waals surface area contributed by atoms with Crippen molar-refractivity contribution in [3.63, 3.8) is 0 Å². The van der Waals surface area contributed by atoms with Crippen molar-refractivity contribution in [2.75, 3.05) is 24.7 Å². The van der Waals surface area contributed by atoms with Gasteiger partial charge in [-0.1, -0.05) is 12.1 Å². The van der Waals surface area contributed by atoms with Crippen molar-refractivity contribution in [2.24, 2.45) is 0 Å². The van der Waals surface area contributed by atoms with Crippen molar-refractivity contribution in [1.82, 2.24) is 9.88 Å². The zero-order chi connectivity index (χ0) is 24.9. The van der Waals surface area contributed by atoms with Crippen molar-refractivity contribution in [2.45, 2.75) is 44.8 Å². The molecule has 0 radical (unpaired) electrons. The Morgan fingerprint density at radius 1 is 1.06 bits per heavy atom. The minimum atomic E-state index is -4.49. The van der Waals surface area contributed by atoms with Crippen LogP contribution in [0.3, 0.4) is 0 Å². The van der Waals surface area contributed by atoms with E-state index in [1.54, 1.807) is 0 Å². The zero-order valence-corrected chi connectivity index (χ0v) is 19.9. The average molecular weight is 481 g/mol. The summed E-state index contributed by atoms with van der Waals surface area (Å²) < 4.78 is 39.8. The lowest BCUT2D eigenvalue weighted by Gasteiger charge is -2.30. The van der Waals surface area contributed by atoms with Crippen LogP contribution in [-0.4, -0.2) is 35.9 Å². The average Bonchev–Trinajstić information content (AvgIpc) is 2.93. The largest absolute Gasteiger partial charge is 0.416 e. The van der Waals surface area contributed by atoms with E-state index in [1.807, 2.05) is 25.1 Å². The Kier molecular flexibility index (Phi) is 5.79. The number of amides is 1. The third-order valence-electron chi connectivity index (χ3n) is 6.93. The Morgan fingerprint density at radius 3 is 2.60 bits per heavy atom. The number of carbonyl (C=O) groups excluding carboxylic acids is 1. The van der Waals surface area contributed by atoms with Crippen molar-refractivity contribution in [3.05, 3.63) is 70.5 Å². The first-order valence-electron chi connectivity index (χ1n) is 11.7. The lowest BCUT2D eigenvalue weighted by molar-refractivity contribution is -0.137. The summed E-state index contributed by atoms with van der Waals surface area (Å²) in [4.78, 5) is 19.5. The Hall–Kier alpha value is -3.39. The molecule has 0 unspecified atom stereocenters. The number of aromatic nitrogens is 1. The predicted molar refractivity (Wildman–Crippen MR) is 131 cm³/mol. The molecule has 1 aliphatic carbocycles. The fourth-order valence-corrected chi connectivity index (χ4v) is 4.96. The van der Waals surface area contributed by atoms with Gasteiger partial charge in [-0.3, -0.25) is 9.78 Å². The van der Waals surface area contributed by atoms with Gasteiger partial charge in [-0.25, -0.2) is 0 Å². The van der Waals surface area contributed by atoms with Crippen molar-refractivity contribution in [1.29, 1.82) is 0 Å². The molecule has 2 heterocycles. The van der Waals surface area contributed by atoms with Gasteiger partial charge in [0, 0.05) is 28.7 Å². The van der Waals surface area contributed by atoms with Crippen LogP contribution >= 0.6 is 0 Å². The minimum absolute atomic E-state index is 0.0942. The van der Waals surface area contributed by atoms with E-state index in [2.05, 4.69) is 35.7 Å². The summed E-state index contributed by atoms with van der Waals surface area (Å²) in [6, 6.07) is 11.8. The third-order valence-corrected chi connectivity index (χ3v) is 6.93. The second-order valence-corrected chi connectivity index (χ2v) is 9.57. The number of nitrogens with zero attached hydrogens (tertiary/aromatic N) is 2. The third kappa shape index (κ3) is 4.62. The number of likely N-dealkylation sites (N-methyl/N-ethyl adjacent to an activating group) is 1. The van der Waals surface area contributed by atoms with E-state index in [1.165, 1.54) is 11.6 Å². The molecule has 0 saturated carbocycles. The van der Waals surface area contributed by atoms with E-state index in [9.17, 15) is 18.0 Å². The van der Waals surface area contributed by atoms with Crippen LogP contribution in [0.15, 0.2) is 42.5 Å². The molecule has 1 aliphatic heterocycles. The molecule has 5 rings (SSSR count). The maximum absolute atomic E-state index is 13.3. The van der Waals surface area contributed by atoms with Gasteiger partial charge in [0.2, 0.25) is 5.91 Å². The number of anilines is 3. The van der Waals surface area contributed by atoms with Gasteiger partial charge in [0.15, 0.2) is 0 Å². The van der Waals surface area contributed by atoms with Gasteiger partial charge < -0.3 is 15.5 Å². The van der Waals surface area contributed by atoms with E-state index in [4.69, 9.17) is 4.98 Å². The monoisotopic (exact) mass is 480 g/mol. The molecule has 182 valence electrons. The first-order chi connectivity index (χ1) is 16.6. The minimum Gasteiger partial charge on any atom is -0.354 e. The molecule has 8 heteroatoms. The van der Waals surface area contributed by atoms with Crippen molar-refractivity contribution in [3.8, 4) is 11.1 Å². The summed E-state index contributed by atoms with van der Waals surface area (Å²) in [5.41, 5.74) is 6.40. The zero-order valence-electron chi connectivity index (χ0n) is 19.9. The highest BCUT2D eigenvalue weighted by Gasteiger charge is 2.32. The Bertz CT molecular complexity index is 1320. The van der Waals surface area contributed by atoms with Crippen LogP contribution in [0, 0.1) is 6.92 Å². The number of pyridine rings is 1. The molecule has 35 heavy (non-hydrogen) atoms.